The third kappa shape index (κ3) is 5.16. The zero-order valence-corrected chi connectivity index (χ0v) is 12.9. The van der Waals surface area contributed by atoms with Gasteiger partial charge in [-0.1, -0.05) is 25.8 Å². The molecule has 0 radical (unpaired) electrons. The normalized spacial score (nSPS) is 10.2. The smallest absolute Gasteiger partial charge is 0.251 e. The van der Waals surface area contributed by atoms with Crippen LogP contribution in [-0.4, -0.2) is 22.4 Å². The van der Waals surface area contributed by atoms with E-state index in [-0.39, 0.29) is 5.91 Å². The van der Waals surface area contributed by atoms with Gasteiger partial charge in [-0.25, -0.2) is 4.98 Å². The van der Waals surface area contributed by atoms with Crippen molar-refractivity contribution in [2.45, 2.75) is 32.7 Å². The maximum atomic E-state index is 12.1. The van der Waals surface area contributed by atoms with Crippen LogP contribution in [0.4, 0.5) is 5.82 Å². The fourth-order valence-electron chi connectivity index (χ4n) is 2.03. The Balaban J connectivity index is 1.87. The summed E-state index contributed by atoms with van der Waals surface area (Å²) in [6.45, 7) is 3.44. The van der Waals surface area contributed by atoms with Crippen LogP contribution in [0.5, 0.6) is 0 Å². The first kappa shape index (κ1) is 15.9. The lowest BCUT2D eigenvalue weighted by atomic mass is 10.2. The molecule has 0 spiro atoms. The molecule has 0 fully saturated rings. The highest BCUT2D eigenvalue weighted by molar-refractivity contribution is 5.94. The minimum Gasteiger partial charge on any atom is -0.364 e. The second kappa shape index (κ2) is 8.77. The molecule has 2 aromatic heterocycles. The van der Waals surface area contributed by atoms with Gasteiger partial charge < -0.3 is 10.6 Å². The molecule has 116 valence electrons. The Morgan fingerprint density at radius 2 is 2.05 bits per heavy atom. The van der Waals surface area contributed by atoms with Crippen molar-refractivity contribution in [2.75, 3.05) is 11.9 Å². The van der Waals surface area contributed by atoms with E-state index in [4.69, 9.17) is 0 Å². The second-order valence-electron chi connectivity index (χ2n) is 5.07. The molecule has 5 nitrogen and oxygen atoms in total. The third-order valence-electron chi connectivity index (χ3n) is 3.26. The van der Waals surface area contributed by atoms with Crippen molar-refractivity contribution in [2.24, 2.45) is 0 Å². The Morgan fingerprint density at radius 3 is 2.82 bits per heavy atom. The molecule has 0 aliphatic rings. The number of carbonyl (C=O) groups is 1. The van der Waals surface area contributed by atoms with Gasteiger partial charge in [0.2, 0.25) is 0 Å². The standard InChI is InChI=1S/C17H22N4O/c1-2-3-5-10-20-17(22)14-8-11-19-16(12-14)21-13-15-7-4-6-9-18-15/h4,6-9,11-12H,2-3,5,10,13H2,1H3,(H,19,21)(H,20,22). The highest BCUT2D eigenvalue weighted by Gasteiger charge is 2.06. The van der Waals surface area contributed by atoms with Crippen LogP contribution in [0.25, 0.3) is 0 Å². The topological polar surface area (TPSA) is 66.9 Å². The van der Waals surface area contributed by atoms with Crippen molar-refractivity contribution >= 4 is 11.7 Å². The monoisotopic (exact) mass is 298 g/mol. The average Bonchev–Trinajstić information content (AvgIpc) is 2.58. The van der Waals surface area contributed by atoms with Gasteiger partial charge in [0, 0.05) is 24.5 Å². The van der Waals surface area contributed by atoms with E-state index in [0.29, 0.717) is 24.5 Å². The molecule has 0 bridgehead atoms. The fraction of sp³-hybridized carbons (Fsp3) is 0.353. The van der Waals surface area contributed by atoms with Crippen LogP contribution in [0.1, 0.15) is 42.2 Å². The molecule has 0 saturated heterocycles. The summed E-state index contributed by atoms with van der Waals surface area (Å²) < 4.78 is 0. The van der Waals surface area contributed by atoms with Gasteiger partial charge >= 0.3 is 0 Å². The summed E-state index contributed by atoms with van der Waals surface area (Å²) in [4.78, 5) is 20.5. The molecule has 0 atom stereocenters. The van der Waals surface area contributed by atoms with Crippen LogP contribution in [-0.2, 0) is 6.54 Å². The Bertz CT molecular complexity index is 586. The van der Waals surface area contributed by atoms with E-state index in [1.807, 2.05) is 18.2 Å². The molecule has 2 N–H and O–H groups in total. The number of nitrogens with zero attached hydrogens (tertiary/aromatic N) is 2. The number of rotatable bonds is 8. The molecule has 2 aromatic rings. The van der Waals surface area contributed by atoms with E-state index < -0.39 is 0 Å². The molecular weight excluding hydrogens is 276 g/mol. The van der Waals surface area contributed by atoms with E-state index in [1.165, 1.54) is 0 Å². The van der Waals surface area contributed by atoms with E-state index in [1.54, 1.807) is 24.5 Å². The summed E-state index contributed by atoms with van der Waals surface area (Å²) in [5.41, 5.74) is 1.55. The van der Waals surface area contributed by atoms with Gasteiger partial charge in [0.25, 0.3) is 5.91 Å². The molecule has 22 heavy (non-hydrogen) atoms. The van der Waals surface area contributed by atoms with E-state index in [0.717, 1.165) is 25.0 Å². The number of pyridine rings is 2. The van der Waals surface area contributed by atoms with Gasteiger partial charge in [0.05, 0.1) is 12.2 Å². The van der Waals surface area contributed by atoms with Gasteiger partial charge in [-0.05, 0) is 30.7 Å². The van der Waals surface area contributed by atoms with E-state index in [2.05, 4.69) is 27.5 Å². The van der Waals surface area contributed by atoms with Crippen molar-refractivity contribution in [1.82, 2.24) is 15.3 Å². The van der Waals surface area contributed by atoms with Crippen molar-refractivity contribution in [1.29, 1.82) is 0 Å². The van der Waals surface area contributed by atoms with Gasteiger partial charge in [0.15, 0.2) is 0 Å². The third-order valence-corrected chi connectivity index (χ3v) is 3.26. The molecule has 2 rings (SSSR count). The second-order valence-corrected chi connectivity index (χ2v) is 5.07. The van der Waals surface area contributed by atoms with Gasteiger partial charge in [-0.2, -0.15) is 0 Å². The quantitative estimate of drug-likeness (QED) is 0.735. The van der Waals surface area contributed by atoms with E-state index in [9.17, 15) is 4.79 Å². The predicted molar refractivity (Wildman–Crippen MR) is 87.7 cm³/mol. The predicted octanol–water partition coefficient (Wildman–Crippen LogP) is 3.01. The maximum Gasteiger partial charge on any atom is 0.251 e. The number of unbranched alkanes of at least 4 members (excludes halogenated alkanes) is 2. The lowest BCUT2D eigenvalue weighted by Gasteiger charge is -2.08. The molecular formula is C17H22N4O. The van der Waals surface area contributed by atoms with Crippen LogP contribution in [0.15, 0.2) is 42.7 Å². The first-order chi connectivity index (χ1) is 10.8. The molecule has 0 unspecified atom stereocenters. The molecule has 0 aromatic carbocycles. The van der Waals surface area contributed by atoms with Gasteiger partial charge in [0.1, 0.15) is 5.82 Å². The summed E-state index contributed by atoms with van der Waals surface area (Å²) in [5.74, 6) is 0.617. The number of nitrogens with one attached hydrogen (secondary N) is 2. The van der Waals surface area contributed by atoms with E-state index >= 15 is 0 Å². The molecule has 2 heterocycles. The Labute approximate surface area is 131 Å². The minimum absolute atomic E-state index is 0.0561. The van der Waals surface area contributed by atoms with Crippen molar-refractivity contribution in [3.63, 3.8) is 0 Å². The lowest BCUT2D eigenvalue weighted by molar-refractivity contribution is 0.0953. The first-order valence-corrected chi connectivity index (χ1v) is 7.67. The zero-order valence-electron chi connectivity index (χ0n) is 12.9. The fourth-order valence-corrected chi connectivity index (χ4v) is 2.03. The van der Waals surface area contributed by atoms with Gasteiger partial charge in [-0.15, -0.1) is 0 Å². The minimum atomic E-state index is -0.0561. The Hall–Kier alpha value is -2.43. The van der Waals surface area contributed by atoms with Crippen LogP contribution >= 0.6 is 0 Å². The molecule has 0 aliphatic heterocycles. The Morgan fingerprint density at radius 1 is 1.14 bits per heavy atom. The summed E-state index contributed by atoms with van der Waals surface area (Å²) >= 11 is 0. The molecule has 5 heteroatoms. The summed E-state index contributed by atoms with van der Waals surface area (Å²) in [6.07, 6.45) is 6.69. The van der Waals surface area contributed by atoms with Crippen molar-refractivity contribution in [3.05, 3.63) is 54.0 Å². The van der Waals surface area contributed by atoms with Crippen LogP contribution in [0, 0.1) is 0 Å². The molecule has 0 aliphatic carbocycles. The highest BCUT2D eigenvalue weighted by Crippen LogP contribution is 2.08. The average molecular weight is 298 g/mol. The zero-order chi connectivity index (χ0) is 15.6. The number of aromatic nitrogens is 2. The van der Waals surface area contributed by atoms with Crippen molar-refractivity contribution in [3.8, 4) is 0 Å². The number of anilines is 1. The van der Waals surface area contributed by atoms with Crippen molar-refractivity contribution < 1.29 is 4.79 Å². The van der Waals surface area contributed by atoms with Crippen LogP contribution in [0.3, 0.4) is 0 Å². The maximum absolute atomic E-state index is 12.1. The molecule has 0 saturated carbocycles. The van der Waals surface area contributed by atoms with Gasteiger partial charge in [-0.3, -0.25) is 9.78 Å². The number of hydrogen-bond acceptors (Lipinski definition) is 4. The van der Waals surface area contributed by atoms with Crippen LogP contribution in [0.2, 0.25) is 0 Å². The largest absolute Gasteiger partial charge is 0.364 e. The first-order valence-electron chi connectivity index (χ1n) is 7.67. The molecule has 1 amide bonds. The lowest BCUT2D eigenvalue weighted by Crippen LogP contribution is -2.24. The van der Waals surface area contributed by atoms with Crippen LogP contribution < -0.4 is 10.6 Å². The number of amides is 1. The number of hydrogen-bond donors (Lipinski definition) is 2. The number of carbonyl (C=O) groups excluding carboxylic acids is 1. The highest BCUT2D eigenvalue weighted by atomic mass is 16.1. The summed E-state index contributed by atoms with van der Waals surface area (Å²) in [7, 11) is 0. The SMILES string of the molecule is CCCCCNC(=O)c1ccnc(NCc2ccccn2)c1. The summed E-state index contributed by atoms with van der Waals surface area (Å²) in [6, 6.07) is 9.25. The summed E-state index contributed by atoms with van der Waals surface area (Å²) in [5, 5.41) is 6.11. The Kier molecular flexibility index (Phi) is 6.36.